The lowest BCUT2D eigenvalue weighted by atomic mass is 9.72. The molecule has 1 amide bonds. The fourth-order valence-corrected chi connectivity index (χ4v) is 4.38. The number of hydrogen-bond acceptors (Lipinski definition) is 4. The number of likely N-dealkylation sites (tertiary alicyclic amines) is 1. The second kappa shape index (κ2) is 8.26. The first-order valence-electron chi connectivity index (χ1n) is 9.94. The molecule has 2 fully saturated rings. The van der Waals surface area contributed by atoms with Crippen molar-refractivity contribution in [3.8, 4) is 5.75 Å². The molecule has 30 heavy (non-hydrogen) atoms. The van der Waals surface area contributed by atoms with Gasteiger partial charge >= 0.3 is 6.18 Å². The van der Waals surface area contributed by atoms with Gasteiger partial charge in [0, 0.05) is 55.6 Å². The van der Waals surface area contributed by atoms with Crippen LogP contribution in [0.3, 0.4) is 0 Å². The lowest BCUT2D eigenvalue weighted by molar-refractivity contribution is -0.137. The summed E-state index contributed by atoms with van der Waals surface area (Å²) in [7, 11) is 0. The number of ether oxygens (including phenoxy) is 2. The van der Waals surface area contributed by atoms with Gasteiger partial charge in [-0.05, 0) is 49.2 Å². The molecular weight excluding hydrogens is 397 g/mol. The van der Waals surface area contributed by atoms with Crippen molar-refractivity contribution in [1.82, 2.24) is 9.88 Å². The highest BCUT2D eigenvalue weighted by Gasteiger charge is 2.49. The third kappa shape index (κ3) is 4.28. The maximum absolute atomic E-state index is 13.0. The highest BCUT2D eigenvalue weighted by molar-refractivity contribution is 5.94. The standard InChI is InChI=1S/C22H23F3N2O3/c23-22(24,25)17-3-1-16(2-4-17)20(28)27-13-18(14-30-19-5-9-26-10-6-19)21(15-27)7-11-29-12-8-21/h1-6,9-10,18H,7-8,11-15H2. The molecule has 5 nitrogen and oxygen atoms in total. The second-order valence-electron chi connectivity index (χ2n) is 7.93. The molecule has 1 atom stereocenters. The van der Waals surface area contributed by atoms with Crippen LogP contribution in [0.15, 0.2) is 48.8 Å². The Kier molecular flexibility index (Phi) is 5.69. The number of carbonyl (C=O) groups is 1. The monoisotopic (exact) mass is 420 g/mol. The Hall–Kier alpha value is -2.61. The van der Waals surface area contributed by atoms with Crippen molar-refractivity contribution in [1.29, 1.82) is 0 Å². The van der Waals surface area contributed by atoms with Gasteiger partial charge in [0.1, 0.15) is 5.75 Å². The Bertz CT molecular complexity index is 865. The van der Waals surface area contributed by atoms with Crippen LogP contribution >= 0.6 is 0 Å². The fraction of sp³-hybridized carbons (Fsp3) is 0.455. The van der Waals surface area contributed by atoms with E-state index in [4.69, 9.17) is 9.47 Å². The number of halogens is 3. The normalized spacial score (nSPS) is 21.0. The van der Waals surface area contributed by atoms with E-state index in [9.17, 15) is 18.0 Å². The molecule has 0 aliphatic carbocycles. The molecule has 0 saturated carbocycles. The SMILES string of the molecule is O=C(c1ccc(C(F)(F)F)cc1)N1CC(COc2ccncc2)C2(CCOCC2)C1. The van der Waals surface area contributed by atoms with Gasteiger partial charge in [-0.3, -0.25) is 9.78 Å². The Morgan fingerprint density at radius 1 is 1.13 bits per heavy atom. The maximum Gasteiger partial charge on any atom is 0.416 e. The predicted octanol–water partition coefficient (Wildman–Crippen LogP) is 4.05. The molecule has 0 N–H and O–H groups in total. The highest BCUT2D eigenvalue weighted by atomic mass is 19.4. The number of aromatic nitrogens is 1. The number of rotatable bonds is 4. The van der Waals surface area contributed by atoms with E-state index in [0.717, 1.165) is 30.7 Å². The molecule has 1 aromatic heterocycles. The Morgan fingerprint density at radius 3 is 2.43 bits per heavy atom. The zero-order valence-corrected chi connectivity index (χ0v) is 16.4. The topological polar surface area (TPSA) is 51.7 Å². The van der Waals surface area contributed by atoms with Gasteiger partial charge in [-0.15, -0.1) is 0 Å². The number of carbonyl (C=O) groups excluding carboxylic acids is 1. The van der Waals surface area contributed by atoms with Gasteiger partial charge in [0.15, 0.2) is 0 Å². The van der Waals surface area contributed by atoms with E-state index in [2.05, 4.69) is 4.98 Å². The highest BCUT2D eigenvalue weighted by Crippen LogP contribution is 2.45. The maximum atomic E-state index is 13.0. The van der Waals surface area contributed by atoms with Crippen LogP contribution in [0.4, 0.5) is 13.2 Å². The summed E-state index contributed by atoms with van der Waals surface area (Å²) in [4.78, 5) is 18.7. The van der Waals surface area contributed by atoms with Gasteiger partial charge < -0.3 is 14.4 Å². The van der Waals surface area contributed by atoms with Crippen LogP contribution in [0.2, 0.25) is 0 Å². The fourth-order valence-electron chi connectivity index (χ4n) is 4.38. The van der Waals surface area contributed by atoms with Crippen molar-refractivity contribution in [3.05, 3.63) is 59.9 Å². The van der Waals surface area contributed by atoms with Crippen molar-refractivity contribution < 1.29 is 27.4 Å². The number of hydrogen-bond donors (Lipinski definition) is 0. The largest absolute Gasteiger partial charge is 0.493 e. The summed E-state index contributed by atoms with van der Waals surface area (Å²) >= 11 is 0. The Balaban J connectivity index is 1.49. The summed E-state index contributed by atoms with van der Waals surface area (Å²) in [5.74, 6) is 0.591. The minimum absolute atomic E-state index is 0.104. The molecule has 4 rings (SSSR count). The van der Waals surface area contributed by atoms with Crippen molar-refractivity contribution in [2.75, 3.05) is 32.9 Å². The first-order chi connectivity index (χ1) is 14.4. The second-order valence-corrected chi connectivity index (χ2v) is 7.93. The summed E-state index contributed by atoms with van der Waals surface area (Å²) in [5.41, 5.74) is -0.599. The third-order valence-corrected chi connectivity index (χ3v) is 6.15. The Morgan fingerprint density at radius 2 is 1.80 bits per heavy atom. The van der Waals surface area contributed by atoms with Crippen molar-refractivity contribution in [2.24, 2.45) is 11.3 Å². The van der Waals surface area contributed by atoms with Gasteiger partial charge in [-0.1, -0.05) is 0 Å². The molecule has 2 aliphatic heterocycles. The number of alkyl halides is 3. The first kappa shape index (κ1) is 20.7. The molecule has 0 radical (unpaired) electrons. The van der Waals surface area contributed by atoms with Gasteiger partial charge in [-0.2, -0.15) is 13.2 Å². The molecule has 2 aromatic rings. The van der Waals surface area contributed by atoms with Crippen LogP contribution in [0, 0.1) is 11.3 Å². The van der Waals surface area contributed by atoms with E-state index in [0.29, 0.717) is 32.9 Å². The Labute approximate surface area is 172 Å². The van der Waals surface area contributed by atoms with E-state index in [-0.39, 0.29) is 22.8 Å². The number of pyridine rings is 1. The summed E-state index contributed by atoms with van der Waals surface area (Å²) in [6.45, 7) is 2.79. The van der Waals surface area contributed by atoms with Crippen LogP contribution in [0.25, 0.3) is 0 Å². The summed E-state index contributed by atoms with van der Waals surface area (Å²) in [6.07, 6.45) is 0.558. The van der Waals surface area contributed by atoms with Gasteiger partial charge in [0.25, 0.3) is 5.91 Å². The van der Waals surface area contributed by atoms with Gasteiger partial charge in [0.2, 0.25) is 0 Å². The van der Waals surface area contributed by atoms with Crippen LogP contribution in [-0.4, -0.2) is 48.7 Å². The average molecular weight is 420 g/mol. The molecule has 160 valence electrons. The first-order valence-corrected chi connectivity index (χ1v) is 9.94. The number of benzene rings is 1. The van der Waals surface area contributed by atoms with E-state index in [1.807, 2.05) is 0 Å². The summed E-state index contributed by atoms with van der Waals surface area (Å²) in [6, 6.07) is 7.99. The summed E-state index contributed by atoms with van der Waals surface area (Å²) in [5, 5.41) is 0. The van der Waals surface area contributed by atoms with E-state index in [1.54, 1.807) is 29.4 Å². The van der Waals surface area contributed by atoms with E-state index < -0.39 is 11.7 Å². The molecule has 0 bridgehead atoms. The number of nitrogens with zero attached hydrogens (tertiary/aromatic N) is 2. The zero-order chi connectivity index (χ0) is 21.2. The van der Waals surface area contributed by atoms with Gasteiger partial charge in [0.05, 0.1) is 12.2 Å². The molecule has 1 aromatic carbocycles. The van der Waals surface area contributed by atoms with Gasteiger partial charge in [-0.25, -0.2) is 0 Å². The predicted molar refractivity (Wildman–Crippen MR) is 103 cm³/mol. The number of amides is 1. The van der Waals surface area contributed by atoms with E-state index >= 15 is 0 Å². The van der Waals surface area contributed by atoms with Crippen LogP contribution in [0.1, 0.15) is 28.8 Å². The zero-order valence-electron chi connectivity index (χ0n) is 16.4. The molecule has 3 heterocycles. The minimum Gasteiger partial charge on any atom is -0.493 e. The van der Waals surface area contributed by atoms with Crippen molar-refractivity contribution in [2.45, 2.75) is 19.0 Å². The van der Waals surface area contributed by atoms with Crippen molar-refractivity contribution in [3.63, 3.8) is 0 Å². The summed E-state index contributed by atoms with van der Waals surface area (Å²) < 4.78 is 49.9. The smallest absolute Gasteiger partial charge is 0.416 e. The molecule has 1 unspecified atom stereocenters. The van der Waals surface area contributed by atoms with Crippen LogP contribution < -0.4 is 4.74 Å². The molecule has 2 saturated heterocycles. The van der Waals surface area contributed by atoms with E-state index in [1.165, 1.54) is 12.1 Å². The minimum atomic E-state index is -4.42. The lowest BCUT2D eigenvalue weighted by Crippen LogP contribution is -2.39. The molecule has 1 spiro atoms. The van der Waals surface area contributed by atoms with Crippen LogP contribution in [0.5, 0.6) is 5.75 Å². The molecule has 2 aliphatic rings. The quantitative estimate of drug-likeness (QED) is 0.749. The van der Waals surface area contributed by atoms with Crippen LogP contribution in [-0.2, 0) is 10.9 Å². The van der Waals surface area contributed by atoms with Crippen molar-refractivity contribution >= 4 is 5.91 Å². The molecule has 8 heteroatoms. The average Bonchev–Trinajstić information content (AvgIpc) is 3.10. The lowest BCUT2D eigenvalue weighted by Gasteiger charge is -2.37. The molecular formula is C22H23F3N2O3. The third-order valence-electron chi connectivity index (χ3n) is 6.15.